The van der Waals surface area contributed by atoms with Gasteiger partial charge in [0.2, 0.25) is 11.8 Å². The van der Waals surface area contributed by atoms with E-state index in [9.17, 15) is 14.4 Å². The summed E-state index contributed by atoms with van der Waals surface area (Å²) in [6, 6.07) is 15.7. The molecule has 9 heteroatoms. The number of benzene rings is 2. The van der Waals surface area contributed by atoms with Gasteiger partial charge in [-0.2, -0.15) is 0 Å². The zero-order valence-electron chi connectivity index (χ0n) is 18.0. The second-order valence-electron chi connectivity index (χ2n) is 7.94. The lowest BCUT2D eigenvalue weighted by Crippen LogP contribution is -2.38. The maximum absolute atomic E-state index is 12.3. The summed E-state index contributed by atoms with van der Waals surface area (Å²) in [6.07, 6.45) is 1.40. The average molecular weight is 447 g/mol. The Labute approximate surface area is 190 Å². The van der Waals surface area contributed by atoms with E-state index in [-0.39, 0.29) is 24.3 Å². The minimum atomic E-state index is -0.531. The van der Waals surface area contributed by atoms with E-state index in [4.69, 9.17) is 21.2 Å². The average Bonchev–Trinajstić information content (AvgIpc) is 2.82. The molecule has 2 aromatic carbocycles. The van der Waals surface area contributed by atoms with Gasteiger partial charge in [-0.15, -0.1) is 0 Å². The van der Waals surface area contributed by atoms with Crippen molar-refractivity contribution in [2.24, 2.45) is 17.4 Å². The van der Waals surface area contributed by atoms with E-state index in [2.05, 4.69) is 10.2 Å². The fraction of sp³-hybridized carbons (Fsp3) is 0.250. The van der Waals surface area contributed by atoms with Crippen molar-refractivity contribution in [2.75, 3.05) is 29.9 Å². The molecule has 3 aromatic rings. The largest absolute Gasteiger partial charge is 0.481 e. The Morgan fingerprint density at radius 1 is 1.00 bits per heavy atom. The van der Waals surface area contributed by atoms with Gasteiger partial charge in [0, 0.05) is 35.6 Å². The Kier molecular flexibility index (Phi) is 6.39. The molecule has 0 saturated carbocycles. The van der Waals surface area contributed by atoms with E-state index >= 15 is 0 Å². The van der Waals surface area contributed by atoms with E-state index in [0.717, 1.165) is 11.2 Å². The molecule has 170 valence electrons. The number of rotatable bonds is 7. The van der Waals surface area contributed by atoms with Gasteiger partial charge < -0.3 is 26.4 Å². The summed E-state index contributed by atoms with van der Waals surface area (Å²) in [6.45, 7) is 1.20. The van der Waals surface area contributed by atoms with Crippen LogP contribution in [0.15, 0.2) is 54.6 Å². The van der Waals surface area contributed by atoms with Gasteiger partial charge in [-0.3, -0.25) is 14.4 Å². The predicted octanol–water partition coefficient (Wildman–Crippen LogP) is 2.05. The van der Waals surface area contributed by atoms with E-state index in [0.29, 0.717) is 48.4 Å². The molecular formula is C24H25N5O4. The molecule has 5 N–H and O–H groups in total. The highest BCUT2D eigenvalue weighted by Crippen LogP contribution is 2.28. The fourth-order valence-corrected chi connectivity index (χ4v) is 3.85. The number of piperidine rings is 1. The lowest BCUT2D eigenvalue weighted by molar-refractivity contribution is -0.122. The molecule has 0 aliphatic carbocycles. The first-order valence-electron chi connectivity index (χ1n) is 10.7. The van der Waals surface area contributed by atoms with E-state index in [1.807, 2.05) is 24.3 Å². The number of fused-ring (bicyclic) bond motifs is 1. The molecule has 1 aromatic heterocycles. The SMILES string of the molecule is NC(=O)c1ccc(NC(=O)COc2cccc3ccc(N4CCC(C(N)=O)CC4)nc23)cc1. The van der Waals surface area contributed by atoms with Gasteiger partial charge in [-0.1, -0.05) is 12.1 Å². The number of nitrogens with two attached hydrogens (primary N) is 2. The number of para-hydroxylation sites is 1. The number of primary amides is 2. The summed E-state index contributed by atoms with van der Waals surface area (Å²) in [4.78, 5) is 41.8. The molecule has 1 fully saturated rings. The van der Waals surface area contributed by atoms with Crippen LogP contribution in [0, 0.1) is 5.92 Å². The molecule has 3 amide bonds. The number of aromatic nitrogens is 1. The third-order valence-electron chi connectivity index (χ3n) is 5.70. The van der Waals surface area contributed by atoms with Gasteiger partial charge in [0.05, 0.1) is 0 Å². The second-order valence-corrected chi connectivity index (χ2v) is 7.94. The number of hydrogen-bond donors (Lipinski definition) is 3. The Hall–Kier alpha value is -4.14. The fourth-order valence-electron chi connectivity index (χ4n) is 3.85. The van der Waals surface area contributed by atoms with Crippen LogP contribution in [0.2, 0.25) is 0 Å². The molecule has 1 saturated heterocycles. The maximum Gasteiger partial charge on any atom is 0.262 e. The number of amides is 3. The minimum absolute atomic E-state index is 0.0916. The van der Waals surface area contributed by atoms with Crippen LogP contribution in [0.1, 0.15) is 23.2 Å². The quantitative estimate of drug-likeness (QED) is 0.506. The van der Waals surface area contributed by atoms with Crippen molar-refractivity contribution in [1.82, 2.24) is 4.98 Å². The van der Waals surface area contributed by atoms with Crippen molar-refractivity contribution in [3.8, 4) is 5.75 Å². The number of nitrogens with one attached hydrogen (secondary N) is 1. The molecule has 0 unspecified atom stereocenters. The lowest BCUT2D eigenvalue weighted by Gasteiger charge is -2.31. The van der Waals surface area contributed by atoms with E-state index in [1.165, 1.54) is 0 Å². The number of nitrogens with zero attached hydrogens (tertiary/aromatic N) is 2. The molecular weight excluding hydrogens is 422 g/mol. The van der Waals surface area contributed by atoms with Crippen LogP contribution >= 0.6 is 0 Å². The lowest BCUT2D eigenvalue weighted by atomic mass is 9.96. The molecule has 0 spiro atoms. The molecule has 2 heterocycles. The van der Waals surface area contributed by atoms with Crippen LogP contribution < -0.4 is 26.4 Å². The van der Waals surface area contributed by atoms with Gasteiger partial charge in [0.25, 0.3) is 5.91 Å². The molecule has 0 radical (unpaired) electrons. The number of ether oxygens (including phenoxy) is 1. The van der Waals surface area contributed by atoms with Crippen molar-refractivity contribution in [3.05, 3.63) is 60.2 Å². The molecule has 9 nitrogen and oxygen atoms in total. The number of carbonyl (C=O) groups excluding carboxylic acids is 3. The third kappa shape index (κ3) is 5.20. The molecule has 1 aliphatic rings. The first-order chi connectivity index (χ1) is 15.9. The van der Waals surface area contributed by atoms with Crippen LogP contribution in [0.3, 0.4) is 0 Å². The number of pyridine rings is 1. The number of hydrogen-bond acceptors (Lipinski definition) is 6. The van der Waals surface area contributed by atoms with Gasteiger partial charge in [-0.05, 0) is 55.3 Å². The highest BCUT2D eigenvalue weighted by atomic mass is 16.5. The Morgan fingerprint density at radius 3 is 2.39 bits per heavy atom. The summed E-state index contributed by atoms with van der Waals surface area (Å²) >= 11 is 0. The number of anilines is 2. The van der Waals surface area contributed by atoms with E-state index < -0.39 is 5.91 Å². The van der Waals surface area contributed by atoms with Crippen LogP contribution in [0.25, 0.3) is 10.9 Å². The molecule has 0 atom stereocenters. The standard InChI is InChI=1S/C24H25N5O4/c25-23(31)16-4-7-18(8-5-16)27-21(30)14-33-19-3-1-2-15-6-9-20(28-22(15)19)29-12-10-17(11-13-29)24(26)32/h1-9,17H,10-14H2,(H2,25,31)(H2,26,32)(H,27,30). The maximum atomic E-state index is 12.3. The van der Waals surface area contributed by atoms with Crippen molar-refractivity contribution in [2.45, 2.75) is 12.8 Å². The number of carbonyl (C=O) groups is 3. The van der Waals surface area contributed by atoms with Gasteiger partial charge in [0.15, 0.2) is 6.61 Å². The molecule has 4 rings (SSSR count). The second kappa shape index (κ2) is 9.56. The van der Waals surface area contributed by atoms with Crippen LogP contribution in [-0.4, -0.2) is 42.4 Å². The first-order valence-corrected chi connectivity index (χ1v) is 10.7. The van der Waals surface area contributed by atoms with Gasteiger partial charge in [0.1, 0.15) is 17.1 Å². The van der Waals surface area contributed by atoms with Crippen LogP contribution in [-0.2, 0) is 9.59 Å². The smallest absolute Gasteiger partial charge is 0.262 e. The first kappa shape index (κ1) is 22.1. The topological polar surface area (TPSA) is 141 Å². The van der Waals surface area contributed by atoms with Crippen molar-refractivity contribution in [3.63, 3.8) is 0 Å². The summed E-state index contributed by atoms with van der Waals surface area (Å²) in [5.41, 5.74) is 12.2. The summed E-state index contributed by atoms with van der Waals surface area (Å²) in [5.74, 6) is 0.0749. The van der Waals surface area contributed by atoms with Crippen LogP contribution in [0.5, 0.6) is 5.75 Å². The van der Waals surface area contributed by atoms with Crippen LogP contribution in [0.4, 0.5) is 11.5 Å². The molecule has 0 bridgehead atoms. The molecule has 1 aliphatic heterocycles. The van der Waals surface area contributed by atoms with Crippen molar-refractivity contribution >= 4 is 40.1 Å². The van der Waals surface area contributed by atoms with Gasteiger partial charge >= 0.3 is 0 Å². The van der Waals surface area contributed by atoms with Crippen molar-refractivity contribution in [1.29, 1.82) is 0 Å². The Bertz CT molecular complexity index is 1190. The minimum Gasteiger partial charge on any atom is -0.481 e. The zero-order chi connectivity index (χ0) is 23.4. The normalized spacial score (nSPS) is 14.1. The summed E-state index contributed by atoms with van der Waals surface area (Å²) in [5, 5.41) is 3.61. The summed E-state index contributed by atoms with van der Waals surface area (Å²) in [7, 11) is 0. The highest BCUT2D eigenvalue weighted by Gasteiger charge is 2.24. The van der Waals surface area contributed by atoms with Crippen molar-refractivity contribution < 1.29 is 19.1 Å². The highest BCUT2D eigenvalue weighted by molar-refractivity contribution is 5.95. The zero-order valence-corrected chi connectivity index (χ0v) is 18.0. The molecule has 33 heavy (non-hydrogen) atoms. The Morgan fingerprint density at radius 2 is 1.73 bits per heavy atom. The summed E-state index contributed by atoms with van der Waals surface area (Å²) < 4.78 is 5.78. The van der Waals surface area contributed by atoms with Gasteiger partial charge in [-0.25, -0.2) is 4.98 Å². The Balaban J connectivity index is 1.43. The predicted molar refractivity (Wildman–Crippen MR) is 125 cm³/mol. The third-order valence-corrected chi connectivity index (χ3v) is 5.70. The van der Waals surface area contributed by atoms with E-state index in [1.54, 1.807) is 30.3 Å². The monoisotopic (exact) mass is 447 g/mol.